The molecule has 0 aliphatic heterocycles. The van der Waals surface area contributed by atoms with Gasteiger partial charge in [-0.05, 0) is 18.2 Å². The summed E-state index contributed by atoms with van der Waals surface area (Å²) < 4.78 is 14.9. The summed E-state index contributed by atoms with van der Waals surface area (Å²) in [6.45, 7) is -0.112. The number of fused-ring (bicyclic) bond motifs is 1. The van der Waals surface area contributed by atoms with E-state index in [4.69, 9.17) is 0 Å². The van der Waals surface area contributed by atoms with Crippen LogP contribution in [0.15, 0.2) is 34.6 Å². The second-order valence-corrected chi connectivity index (χ2v) is 5.92. The van der Waals surface area contributed by atoms with Gasteiger partial charge in [0.15, 0.2) is 5.13 Å². The number of nitrogens with one attached hydrogen (secondary N) is 1. The Hall–Kier alpha value is -2.06. The number of hydrogen-bond acceptors (Lipinski definition) is 5. The van der Waals surface area contributed by atoms with Gasteiger partial charge < -0.3 is 5.32 Å². The molecule has 1 aromatic carbocycles. The third kappa shape index (κ3) is 2.47. The summed E-state index contributed by atoms with van der Waals surface area (Å²) in [5, 5.41) is 5.23. The van der Waals surface area contributed by atoms with E-state index in [2.05, 4.69) is 10.3 Å². The first kappa shape index (κ1) is 12.9. The SMILES string of the molecule is O=C(Cn1sc2cc(F)ccc2c1=O)Nc1nccs1. The Morgan fingerprint density at radius 1 is 1.45 bits per heavy atom. The molecule has 20 heavy (non-hydrogen) atoms. The van der Waals surface area contributed by atoms with E-state index in [1.54, 1.807) is 11.6 Å². The highest BCUT2D eigenvalue weighted by atomic mass is 32.1. The molecule has 102 valence electrons. The average Bonchev–Trinajstić information content (AvgIpc) is 2.99. The molecule has 0 saturated carbocycles. The van der Waals surface area contributed by atoms with Gasteiger partial charge in [0.1, 0.15) is 12.4 Å². The molecule has 0 unspecified atom stereocenters. The third-order valence-corrected chi connectivity index (χ3v) is 4.31. The van der Waals surface area contributed by atoms with Crippen molar-refractivity contribution in [3.8, 4) is 0 Å². The van der Waals surface area contributed by atoms with Crippen LogP contribution >= 0.6 is 22.9 Å². The van der Waals surface area contributed by atoms with Crippen molar-refractivity contribution >= 4 is 44.0 Å². The molecule has 0 fully saturated rings. The zero-order valence-electron chi connectivity index (χ0n) is 10.00. The van der Waals surface area contributed by atoms with Gasteiger partial charge in [-0.3, -0.25) is 13.5 Å². The van der Waals surface area contributed by atoms with Crippen molar-refractivity contribution in [1.29, 1.82) is 0 Å². The number of carbonyl (C=O) groups is 1. The summed E-state index contributed by atoms with van der Waals surface area (Å²) in [5.74, 6) is -0.743. The molecule has 0 saturated heterocycles. The van der Waals surface area contributed by atoms with Crippen LogP contribution in [0.4, 0.5) is 9.52 Å². The summed E-state index contributed by atoms with van der Waals surface area (Å²) in [6, 6.07) is 3.95. The Morgan fingerprint density at radius 2 is 2.30 bits per heavy atom. The lowest BCUT2D eigenvalue weighted by atomic mass is 10.3. The van der Waals surface area contributed by atoms with E-state index in [0.717, 1.165) is 11.5 Å². The zero-order chi connectivity index (χ0) is 14.1. The molecule has 1 amide bonds. The van der Waals surface area contributed by atoms with Crippen molar-refractivity contribution < 1.29 is 9.18 Å². The zero-order valence-corrected chi connectivity index (χ0v) is 11.6. The van der Waals surface area contributed by atoms with Crippen LogP contribution in [0.1, 0.15) is 0 Å². The number of rotatable bonds is 3. The van der Waals surface area contributed by atoms with Gasteiger partial charge in [0, 0.05) is 11.6 Å². The van der Waals surface area contributed by atoms with E-state index in [0.29, 0.717) is 15.2 Å². The minimum atomic E-state index is -0.405. The normalized spacial score (nSPS) is 10.8. The molecular weight excluding hydrogens is 301 g/mol. The molecule has 2 aromatic heterocycles. The smallest absolute Gasteiger partial charge is 0.269 e. The molecular formula is C12H8FN3O2S2. The predicted octanol–water partition coefficient (Wildman–Crippen LogP) is 2.30. The second kappa shape index (κ2) is 5.14. The number of halogens is 1. The van der Waals surface area contributed by atoms with Crippen molar-refractivity contribution in [3.05, 3.63) is 45.9 Å². The van der Waals surface area contributed by atoms with E-state index in [1.807, 2.05) is 0 Å². The van der Waals surface area contributed by atoms with Gasteiger partial charge in [0.05, 0.1) is 10.1 Å². The van der Waals surface area contributed by atoms with Crippen molar-refractivity contribution in [2.24, 2.45) is 0 Å². The van der Waals surface area contributed by atoms with Crippen molar-refractivity contribution in [2.75, 3.05) is 5.32 Å². The number of thiazole rings is 1. The van der Waals surface area contributed by atoms with Crippen molar-refractivity contribution in [2.45, 2.75) is 6.54 Å². The number of anilines is 1. The van der Waals surface area contributed by atoms with Crippen LogP contribution in [0.25, 0.3) is 10.1 Å². The maximum atomic E-state index is 13.1. The lowest BCUT2D eigenvalue weighted by Gasteiger charge is -2.00. The average molecular weight is 309 g/mol. The summed E-state index contributed by atoms with van der Waals surface area (Å²) in [5.41, 5.74) is -0.292. The van der Waals surface area contributed by atoms with Gasteiger partial charge in [-0.2, -0.15) is 0 Å². The summed E-state index contributed by atoms with van der Waals surface area (Å²) in [7, 11) is 0. The highest BCUT2D eigenvalue weighted by molar-refractivity contribution is 7.14. The molecule has 8 heteroatoms. The molecule has 0 spiro atoms. The van der Waals surface area contributed by atoms with Crippen LogP contribution in [0.2, 0.25) is 0 Å². The summed E-state index contributed by atoms with van der Waals surface area (Å²) in [4.78, 5) is 27.8. The van der Waals surface area contributed by atoms with Crippen LogP contribution in [-0.2, 0) is 11.3 Å². The van der Waals surface area contributed by atoms with E-state index >= 15 is 0 Å². The first-order chi connectivity index (χ1) is 9.63. The molecule has 0 bridgehead atoms. The summed E-state index contributed by atoms with van der Waals surface area (Å²) in [6.07, 6.45) is 1.58. The number of aromatic nitrogens is 2. The molecule has 0 atom stereocenters. The van der Waals surface area contributed by atoms with Gasteiger partial charge in [0.2, 0.25) is 5.91 Å². The molecule has 0 radical (unpaired) electrons. The lowest BCUT2D eigenvalue weighted by Crippen LogP contribution is -2.23. The van der Waals surface area contributed by atoms with Crippen LogP contribution in [0.3, 0.4) is 0 Å². The number of nitrogens with zero attached hydrogens (tertiary/aromatic N) is 2. The number of carbonyl (C=O) groups excluding carboxylic acids is 1. The fourth-order valence-corrected chi connectivity index (χ4v) is 3.29. The van der Waals surface area contributed by atoms with E-state index in [9.17, 15) is 14.0 Å². The monoisotopic (exact) mass is 309 g/mol. The van der Waals surface area contributed by atoms with Gasteiger partial charge >= 0.3 is 0 Å². The van der Waals surface area contributed by atoms with Crippen molar-refractivity contribution in [3.63, 3.8) is 0 Å². The van der Waals surface area contributed by atoms with Gasteiger partial charge in [-0.1, -0.05) is 11.5 Å². The quantitative estimate of drug-likeness (QED) is 0.807. The maximum absolute atomic E-state index is 13.1. The van der Waals surface area contributed by atoms with Crippen LogP contribution in [0.5, 0.6) is 0 Å². The standard InChI is InChI=1S/C12H8FN3O2S2/c13-7-1-2-8-9(5-7)20-16(11(8)18)6-10(17)15-12-14-3-4-19-12/h1-5H,6H2,(H,14,15,17). The van der Waals surface area contributed by atoms with Crippen LogP contribution < -0.4 is 10.9 Å². The minimum Gasteiger partial charge on any atom is -0.300 e. The Labute approximate surface area is 120 Å². The third-order valence-electron chi connectivity index (χ3n) is 2.58. The Kier molecular flexibility index (Phi) is 3.33. The maximum Gasteiger partial charge on any atom is 0.269 e. The number of benzene rings is 1. The highest BCUT2D eigenvalue weighted by Gasteiger charge is 2.12. The predicted molar refractivity (Wildman–Crippen MR) is 76.8 cm³/mol. The highest BCUT2D eigenvalue weighted by Crippen LogP contribution is 2.18. The molecule has 0 aliphatic rings. The van der Waals surface area contributed by atoms with Gasteiger partial charge in [0.25, 0.3) is 5.56 Å². The first-order valence-corrected chi connectivity index (χ1v) is 7.27. The van der Waals surface area contributed by atoms with Gasteiger partial charge in [-0.15, -0.1) is 11.3 Å². The molecule has 0 aliphatic carbocycles. The van der Waals surface area contributed by atoms with E-state index < -0.39 is 5.82 Å². The van der Waals surface area contributed by atoms with Gasteiger partial charge in [-0.25, -0.2) is 9.37 Å². The Morgan fingerprint density at radius 3 is 3.05 bits per heavy atom. The molecule has 1 N–H and O–H groups in total. The second-order valence-electron chi connectivity index (χ2n) is 3.96. The minimum absolute atomic E-state index is 0.112. The number of amides is 1. The van der Waals surface area contributed by atoms with E-state index in [1.165, 1.54) is 33.5 Å². The van der Waals surface area contributed by atoms with Crippen molar-refractivity contribution in [1.82, 2.24) is 8.94 Å². The Balaban J connectivity index is 1.85. The van der Waals surface area contributed by atoms with Crippen LogP contribution in [0, 0.1) is 5.82 Å². The molecule has 3 rings (SSSR count). The summed E-state index contributed by atoms with van der Waals surface area (Å²) >= 11 is 2.36. The van der Waals surface area contributed by atoms with Crippen LogP contribution in [-0.4, -0.2) is 14.8 Å². The molecule has 5 nitrogen and oxygen atoms in total. The number of hydrogen-bond donors (Lipinski definition) is 1. The fraction of sp³-hybridized carbons (Fsp3) is 0.0833. The fourth-order valence-electron chi connectivity index (χ4n) is 1.72. The Bertz CT molecular complexity index is 823. The lowest BCUT2D eigenvalue weighted by molar-refractivity contribution is -0.116. The molecule has 3 aromatic rings. The first-order valence-electron chi connectivity index (χ1n) is 5.62. The van der Waals surface area contributed by atoms with E-state index in [-0.39, 0.29) is 18.0 Å². The molecule has 2 heterocycles. The topological polar surface area (TPSA) is 64.0 Å². The largest absolute Gasteiger partial charge is 0.300 e.